The van der Waals surface area contributed by atoms with Gasteiger partial charge in [0.05, 0.1) is 18.3 Å². The average molecular weight is 319 g/mol. The molecule has 5 rings (SSSR count). The van der Waals surface area contributed by atoms with Crippen LogP contribution in [-0.2, 0) is 4.74 Å². The van der Waals surface area contributed by atoms with Crippen molar-refractivity contribution in [2.24, 2.45) is 34.5 Å². The zero-order chi connectivity index (χ0) is 15.9. The molecule has 0 aromatic rings. The first-order chi connectivity index (χ1) is 11.0. The minimum Gasteiger partial charge on any atom is -0.393 e. The maximum Gasteiger partial charge on any atom is 0.0919 e. The van der Waals surface area contributed by atoms with Gasteiger partial charge < -0.3 is 9.84 Å². The average Bonchev–Trinajstić information content (AvgIpc) is 3.24. The van der Waals surface area contributed by atoms with E-state index >= 15 is 0 Å². The molecule has 1 saturated heterocycles. The Morgan fingerprint density at radius 1 is 1.00 bits per heavy atom. The Bertz CT molecular complexity index is 498. The molecule has 0 radical (unpaired) electrons. The molecule has 1 N–H and O–H groups in total. The van der Waals surface area contributed by atoms with E-state index in [2.05, 4.69) is 13.8 Å². The number of hydrogen-bond acceptors (Lipinski definition) is 2. The van der Waals surface area contributed by atoms with Crippen molar-refractivity contribution < 1.29 is 9.84 Å². The van der Waals surface area contributed by atoms with Crippen molar-refractivity contribution in [3.05, 3.63) is 0 Å². The highest BCUT2D eigenvalue weighted by Crippen LogP contribution is 2.68. The summed E-state index contributed by atoms with van der Waals surface area (Å²) in [6, 6.07) is 0. The van der Waals surface area contributed by atoms with Crippen LogP contribution in [0.25, 0.3) is 0 Å². The van der Waals surface area contributed by atoms with Crippen molar-refractivity contribution in [3.63, 3.8) is 0 Å². The summed E-state index contributed by atoms with van der Waals surface area (Å²) in [5.41, 5.74) is 1.16. The van der Waals surface area contributed by atoms with Gasteiger partial charge in [-0.25, -0.2) is 0 Å². The second kappa shape index (κ2) is 4.75. The van der Waals surface area contributed by atoms with Crippen molar-refractivity contribution in [1.29, 1.82) is 0 Å². The molecule has 2 heteroatoms. The molecule has 1 aliphatic heterocycles. The molecular weight excluding hydrogens is 284 g/mol. The van der Waals surface area contributed by atoms with Crippen molar-refractivity contribution in [2.45, 2.75) is 89.8 Å². The number of epoxide rings is 1. The van der Waals surface area contributed by atoms with Crippen molar-refractivity contribution >= 4 is 0 Å². The van der Waals surface area contributed by atoms with Crippen LogP contribution in [0.3, 0.4) is 0 Å². The Labute approximate surface area is 141 Å². The molecule has 4 aliphatic carbocycles. The minimum atomic E-state index is -0.0294. The number of fused-ring (bicyclic) bond motifs is 5. The Balaban J connectivity index is 1.46. The third-order valence-electron chi connectivity index (χ3n) is 9.66. The fraction of sp³-hybridized carbons (Fsp3) is 1.00. The molecule has 0 amide bonds. The highest BCUT2D eigenvalue weighted by atomic mass is 16.6. The van der Waals surface area contributed by atoms with Crippen LogP contribution < -0.4 is 0 Å². The predicted octanol–water partition coefficient (Wildman–Crippen LogP) is 4.55. The molecule has 5 aliphatic rings. The third kappa shape index (κ3) is 1.89. The second-order valence-electron chi connectivity index (χ2n) is 10.1. The lowest BCUT2D eigenvalue weighted by molar-refractivity contribution is -0.138. The van der Waals surface area contributed by atoms with Crippen LogP contribution in [0.4, 0.5) is 0 Å². The highest BCUT2D eigenvalue weighted by Gasteiger charge is 2.63. The van der Waals surface area contributed by atoms with Crippen LogP contribution in [-0.4, -0.2) is 23.4 Å². The lowest BCUT2D eigenvalue weighted by atomic mass is 9.43. The van der Waals surface area contributed by atoms with Crippen molar-refractivity contribution in [2.75, 3.05) is 6.61 Å². The molecule has 4 saturated carbocycles. The van der Waals surface area contributed by atoms with Gasteiger partial charge in [0.1, 0.15) is 0 Å². The lowest BCUT2D eigenvalue weighted by Gasteiger charge is -2.62. The summed E-state index contributed by atoms with van der Waals surface area (Å²) in [5, 5.41) is 10.6. The van der Waals surface area contributed by atoms with Gasteiger partial charge in [-0.3, -0.25) is 0 Å². The van der Waals surface area contributed by atoms with E-state index in [0.717, 1.165) is 36.7 Å². The minimum absolute atomic E-state index is 0.0294. The fourth-order valence-corrected chi connectivity index (χ4v) is 8.16. The van der Waals surface area contributed by atoms with Crippen molar-refractivity contribution in [1.82, 2.24) is 0 Å². The molecule has 8 atom stereocenters. The summed E-state index contributed by atoms with van der Waals surface area (Å²) in [6.07, 6.45) is 13.3. The van der Waals surface area contributed by atoms with Gasteiger partial charge in [0, 0.05) is 0 Å². The van der Waals surface area contributed by atoms with Gasteiger partial charge in [0.25, 0.3) is 0 Å². The summed E-state index contributed by atoms with van der Waals surface area (Å²) in [7, 11) is 0. The molecule has 23 heavy (non-hydrogen) atoms. The topological polar surface area (TPSA) is 32.8 Å². The van der Waals surface area contributed by atoms with Crippen LogP contribution in [0.5, 0.6) is 0 Å². The van der Waals surface area contributed by atoms with Crippen LogP contribution >= 0.6 is 0 Å². The normalized spacial score (nSPS) is 60.9. The standard InChI is InChI=1S/C21H34O2/c1-3-21-11-10-20(13-23-20)12-14(21)4-5-15-16-6-7-18(22)19(16,2)9-8-17(15)21/h14-18,22H,3-13H2,1-2H3/t14-,15-,16-,17-,18?,19-,20+,21-/m0/s1. The Kier molecular flexibility index (Phi) is 3.14. The van der Waals surface area contributed by atoms with Gasteiger partial charge in [-0.05, 0) is 98.7 Å². The number of hydrogen-bond donors (Lipinski definition) is 1. The smallest absolute Gasteiger partial charge is 0.0919 e. The van der Waals surface area contributed by atoms with E-state index in [1.807, 2.05) is 0 Å². The molecule has 0 aromatic carbocycles. The summed E-state index contributed by atoms with van der Waals surface area (Å²) in [4.78, 5) is 0. The first kappa shape index (κ1) is 15.2. The molecule has 1 spiro atoms. The fourth-order valence-electron chi connectivity index (χ4n) is 8.16. The molecule has 5 fully saturated rings. The Morgan fingerprint density at radius 3 is 2.57 bits per heavy atom. The highest BCUT2D eigenvalue weighted by molar-refractivity contribution is 5.13. The van der Waals surface area contributed by atoms with Gasteiger partial charge in [-0.15, -0.1) is 0 Å². The van der Waals surface area contributed by atoms with E-state index < -0.39 is 0 Å². The van der Waals surface area contributed by atoms with E-state index in [1.165, 1.54) is 57.8 Å². The van der Waals surface area contributed by atoms with Gasteiger partial charge in [-0.1, -0.05) is 13.8 Å². The first-order valence-electron chi connectivity index (χ1n) is 10.4. The number of aliphatic hydroxyl groups is 1. The van der Waals surface area contributed by atoms with Crippen LogP contribution in [0.1, 0.15) is 78.1 Å². The maximum absolute atomic E-state index is 10.6. The first-order valence-corrected chi connectivity index (χ1v) is 10.4. The summed E-state index contributed by atoms with van der Waals surface area (Å²) < 4.78 is 5.88. The number of aliphatic hydroxyl groups excluding tert-OH is 1. The monoisotopic (exact) mass is 318 g/mol. The largest absolute Gasteiger partial charge is 0.393 e. The molecule has 2 nitrogen and oxygen atoms in total. The maximum atomic E-state index is 10.6. The molecule has 0 bridgehead atoms. The van der Waals surface area contributed by atoms with Gasteiger partial charge in [0.2, 0.25) is 0 Å². The second-order valence-corrected chi connectivity index (χ2v) is 10.1. The summed E-state index contributed by atoms with van der Waals surface area (Å²) in [6.45, 7) is 5.92. The predicted molar refractivity (Wildman–Crippen MR) is 91.0 cm³/mol. The molecule has 0 aromatic heterocycles. The Hall–Kier alpha value is -0.0800. The van der Waals surface area contributed by atoms with E-state index in [4.69, 9.17) is 4.74 Å². The van der Waals surface area contributed by atoms with E-state index in [-0.39, 0.29) is 11.5 Å². The Morgan fingerprint density at radius 2 is 1.83 bits per heavy atom. The van der Waals surface area contributed by atoms with Gasteiger partial charge in [0.15, 0.2) is 0 Å². The molecule has 130 valence electrons. The molecular formula is C21H34O2. The SMILES string of the molecule is CC[C@]12CC[C@]3(CO3)C[C@@H]1CC[C@@H]1[C@@H]2CC[C@]2(C)C(O)CC[C@@H]12. The van der Waals surface area contributed by atoms with E-state index in [1.54, 1.807) is 0 Å². The molecule has 1 heterocycles. The summed E-state index contributed by atoms with van der Waals surface area (Å²) >= 11 is 0. The van der Waals surface area contributed by atoms with Crippen LogP contribution in [0, 0.1) is 34.5 Å². The van der Waals surface area contributed by atoms with E-state index in [9.17, 15) is 5.11 Å². The van der Waals surface area contributed by atoms with Crippen molar-refractivity contribution in [3.8, 4) is 0 Å². The molecule has 1 unspecified atom stereocenters. The zero-order valence-electron chi connectivity index (χ0n) is 15.0. The quantitative estimate of drug-likeness (QED) is 0.719. The number of ether oxygens (including phenoxy) is 1. The zero-order valence-corrected chi connectivity index (χ0v) is 15.0. The van der Waals surface area contributed by atoms with Gasteiger partial charge >= 0.3 is 0 Å². The number of rotatable bonds is 1. The van der Waals surface area contributed by atoms with Crippen LogP contribution in [0.2, 0.25) is 0 Å². The van der Waals surface area contributed by atoms with Gasteiger partial charge in [-0.2, -0.15) is 0 Å². The van der Waals surface area contributed by atoms with E-state index in [0.29, 0.717) is 11.0 Å². The lowest BCUT2D eigenvalue weighted by Crippen LogP contribution is -2.55. The van der Waals surface area contributed by atoms with Crippen LogP contribution in [0.15, 0.2) is 0 Å². The summed E-state index contributed by atoms with van der Waals surface area (Å²) in [5.74, 6) is 3.55. The third-order valence-corrected chi connectivity index (χ3v) is 9.66.